The fourth-order valence-corrected chi connectivity index (χ4v) is 1.28. The number of phenolic OH excluding ortho intramolecular Hbond substituents is 1. The highest BCUT2D eigenvalue weighted by atomic mass is 16.3. The van der Waals surface area contributed by atoms with Crippen molar-refractivity contribution in [3.63, 3.8) is 0 Å². The average molecular weight is 182 g/mol. The first-order valence-electron chi connectivity index (χ1n) is 4.46. The zero-order chi connectivity index (χ0) is 9.80. The van der Waals surface area contributed by atoms with Crippen LogP contribution in [0.2, 0.25) is 0 Å². The first-order chi connectivity index (χ1) is 6.86. The van der Waals surface area contributed by atoms with Gasteiger partial charge in [-0.25, -0.2) is 0 Å². The summed E-state index contributed by atoms with van der Waals surface area (Å²) in [6, 6.07) is 7.11. The zero-order valence-corrected chi connectivity index (χ0v) is 7.64. The molecule has 0 fully saturated rings. The topological polar surface area (TPSA) is 20.2 Å². The predicted molar refractivity (Wildman–Crippen MR) is 57.9 cm³/mol. The summed E-state index contributed by atoms with van der Waals surface area (Å²) in [6.45, 7) is 0. The van der Waals surface area contributed by atoms with Crippen LogP contribution >= 0.6 is 0 Å². The lowest BCUT2D eigenvalue weighted by Gasteiger charge is -1.98. The Bertz CT molecular complexity index is 441. The van der Waals surface area contributed by atoms with Gasteiger partial charge in [0.2, 0.25) is 0 Å². The van der Waals surface area contributed by atoms with E-state index < -0.39 is 0 Å². The Kier molecular flexibility index (Phi) is 2.35. The van der Waals surface area contributed by atoms with Crippen LogP contribution in [0.4, 0.5) is 0 Å². The molecule has 0 aromatic heterocycles. The zero-order valence-electron chi connectivity index (χ0n) is 7.64. The van der Waals surface area contributed by atoms with E-state index in [1.807, 2.05) is 42.5 Å². The SMILES string of the molecule is Oc1ccc(C2=C=CC=CC=C2)cc1. The highest BCUT2D eigenvalue weighted by Crippen LogP contribution is 2.18. The molecule has 0 amide bonds. The first-order valence-corrected chi connectivity index (χ1v) is 4.46. The van der Waals surface area contributed by atoms with E-state index in [9.17, 15) is 0 Å². The van der Waals surface area contributed by atoms with Crippen molar-refractivity contribution < 1.29 is 5.11 Å². The second kappa shape index (κ2) is 3.82. The van der Waals surface area contributed by atoms with Crippen molar-refractivity contribution in [3.05, 3.63) is 65.9 Å². The molecule has 0 saturated heterocycles. The van der Waals surface area contributed by atoms with Gasteiger partial charge in [0, 0.05) is 5.57 Å². The Labute approximate surface area is 83.0 Å². The van der Waals surface area contributed by atoms with Gasteiger partial charge in [-0.05, 0) is 29.8 Å². The number of rotatable bonds is 1. The number of aromatic hydroxyl groups is 1. The first kappa shape index (κ1) is 8.61. The number of hydrogen-bond donors (Lipinski definition) is 1. The molecule has 1 aliphatic carbocycles. The minimum atomic E-state index is 0.286. The van der Waals surface area contributed by atoms with Crippen molar-refractivity contribution in [2.75, 3.05) is 0 Å². The molecule has 0 aliphatic heterocycles. The van der Waals surface area contributed by atoms with Crippen LogP contribution in [0.15, 0.2) is 60.4 Å². The summed E-state index contributed by atoms with van der Waals surface area (Å²) in [6.07, 6.45) is 9.73. The van der Waals surface area contributed by atoms with Crippen molar-refractivity contribution in [1.29, 1.82) is 0 Å². The molecular formula is C13H10O. The minimum Gasteiger partial charge on any atom is -0.508 e. The summed E-state index contributed by atoms with van der Waals surface area (Å²) >= 11 is 0. The van der Waals surface area contributed by atoms with E-state index >= 15 is 0 Å². The second-order valence-electron chi connectivity index (χ2n) is 3.02. The monoisotopic (exact) mass is 182 g/mol. The van der Waals surface area contributed by atoms with Crippen LogP contribution < -0.4 is 0 Å². The van der Waals surface area contributed by atoms with E-state index in [0.29, 0.717) is 0 Å². The molecular weight excluding hydrogens is 172 g/mol. The molecule has 1 N–H and O–H groups in total. The smallest absolute Gasteiger partial charge is 0.115 e. The summed E-state index contributed by atoms with van der Waals surface area (Å²) < 4.78 is 0. The molecule has 1 heteroatoms. The molecule has 0 unspecified atom stereocenters. The third kappa shape index (κ3) is 1.85. The van der Waals surface area contributed by atoms with Crippen LogP contribution in [0, 0.1) is 0 Å². The van der Waals surface area contributed by atoms with E-state index in [-0.39, 0.29) is 5.75 Å². The van der Waals surface area contributed by atoms with Crippen molar-refractivity contribution in [2.45, 2.75) is 0 Å². The van der Waals surface area contributed by atoms with Crippen molar-refractivity contribution in [3.8, 4) is 5.75 Å². The third-order valence-electron chi connectivity index (χ3n) is 2.00. The van der Waals surface area contributed by atoms with E-state index in [4.69, 9.17) is 5.11 Å². The molecule has 0 spiro atoms. The quantitative estimate of drug-likeness (QED) is 0.662. The van der Waals surface area contributed by atoms with Crippen LogP contribution in [0.25, 0.3) is 5.57 Å². The van der Waals surface area contributed by atoms with Gasteiger partial charge in [0.05, 0.1) is 0 Å². The Morgan fingerprint density at radius 3 is 2.50 bits per heavy atom. The summed E-state index contributed by atoms with van der Waals surface area (Å²) in [4.78, 5) is 0. The van der Waals surface area contributed by atoms with Gasteiger partial charge < -0.3 is 5.11 Å². The number of phenols is 1. The summed E-state index contributed by atoms with van der Waals surface area (Å²) in [5.74, 6) is 0.286. The van der Waals surface area contributed by atoms with E-state index in [2.05, 4.69) is 5.73 Å². The van der Waals surface area contributed by atoms with Gasteiger partial charge in [0.1, 0.15) is 5.75 Å². The Balaban J connectivity index is 2.41. The maximum Gasteiger partial charge on any atom is 0.115 e. The van der Waals surface area contributed by atoms with Gasteiger partial charge in [-0.3, -0.25) is 0 Å². The van der Waals surface area contributed by atoms with Gasteiger partial charge in [-0.2, -0.15) is 0 Å². The highest BCUT2D eigenvalue weighted by Gasteiger charge is 1.96. The lowest BCUT2D eigenvalue weighted by atomic mass is 10.1. The van der Waals surface area contributed by atoms with Gasteiger partial charge in [0.25, 0.3) is 0 Å². The normalized spacial score (nSPS) is 13.9. The van der Waals surface area contributed by atoms with Gasteiger partial charge in [-0.1, -0.05) is 30.4 Å². The summed E-state index contributed by atoms with van der Waals surface area (Å²) in [7, 11) is 0. The lowest BCUT2D eigenvalue weighted by molar-refractivity contribution is 0.475. The minimum absolute atomic E-state index is 0.286. The van der Waals surface area contributed by atoms with Crippen LogP contribution in [-0.4, -0.2) is 5.11 Å². The van der Waals surface area contributed by atoms with Crippen molar-refractivity contribution in [2.24, 2.45) is 0 Å². The Morgan fingerprint density at radius 2 is 1.71 bits per heavy atom. The predicted octanol–water partition coefficient (Wildman–Crippen LogP) is 3.06. The fourth-order valence-electron chi connectivity index (χ4n) is 1.28. The molecule has 2 rings (SSSR count). The van der Waals surface area contributed by atoms with Crippen LogP contribution in [0.5, 0.6) is 5.75 Å². The summed E-state index contributed by atoms with van der Waals surface area (Å²) in [5.41, 5.74) is 5.23. The van der Waals surface area contributed by atoms with Gasteiger partial charge in [0.15, 0.2) is 0 Å². The number of benzene rings is 1. The van der Waals surface area contributed by atoms with Crippen molar-refractivity contribution in [1.82, 2.24) is 0 Å². The van der Waals surface area contributed by atoms with E-state index in [0.717, 1.165) is 11.1 Å². The molecule has 0 radical (unpaired) electrons. The molecule has 14 heavy (non-hydrogen) atoms. The number of hydrogen-bond acceptors (Lipinski definition) is 1. The fraction of sp³-hybridized carbons (Fsp3) is 0. The molecule has 0 atom stereocenters. The molecule has 1 aromatic rings. The molecule has 1 aliphatic rings. The van der Waals surface area contributed by atoms with Gasteiger partial charge >= 0.3 is 0 Å². The van der Waals surface area contributed by atoms with Gasteiger partial charge in [-0.15, -0.1) is 5.73 Å². The lowest BCUT2D eigenvalue weighted by Crippen LogP contribution is -1.77. The molecule has 1 nitrogen and oxygen atoms in total. The number of allylic oxidation sites excluding steroid dienone is 5. The standard InChI is InChI=1S/C13H10O/c14-13-9-7-12(8-10-13)11-5-3-1-2-4-6-11/h1-5,7-10,14H. The van der Waals surface area contributed by atoms with E-state index in [1.165, 1.54) is 0 Å². The molecule has 0 heterocycles. The molecule has 0 bridgehead atoms. The van der Waals surface area contributed by atoms with Crippen molar-refractivity contribution >= 4 is 5.57 Å². The maximum absolute atomic E-state index is 9.14. The van der Waals surface area contributed by atoms with Crippen LogP contribution in [0.3, 0.4) is 0 Å². The molecule has 0 saturated carbocycles. The van der Waals surface area contributed by atoms with E-state index in [1.54, 1.807) is 12.1 Å². The second-order valence-corrected chi connectivity index (χ2v) is 3.02. The van der Waals surface area contributed by atoms with Crippen LogP contribution in [0.1, 0.15) is 5.56 Å². The average Bonchev–Trinajstić information content (AvgIpc) is 2.47. The third-order valence-corrected chi connectivity index (χ3v) is 2.00. The molecule has 1 aromatic carbocycles. The Morgan fingerprint density at radius 1 is 0.929 bits per heavy atom. The summed E-state index contributed by atoms with van der Waals surface area (Å²) in [5, 5.41) is 9.14. The largest absolute Gasteiger partial charge is 0.508 e. The molecule has 68 valence electrons. The van der Waals surface area contributed by atoms with Crippen LogP contribution in [-0.2, 0) is 0 Å². The highest BCUT2D eigenvalue weighted by molar-refractivity contribution is 5.74. The maximum atomic E-state index is 9.14. The Hall–Kier alpha value is -1.98.